The number of nitrogens with one attached hydrogen (secondary N) is 1. The van der Waals surface area contributed by atoms with Crippen LogP contribution < -0.4 is 4.74 Å². The van der Waals surface area contributed by atoms with E-state index in [9.17, 15) is 5.11 Å². The van der Waals surface area contributed by atoms with Gasteiger partial charge >= 0.3 is 0 Å². The molecule has 4 heteroatoms. The van der Waals surface area contributed by atoms with Gasteiger partial charge in [-0.15, -0.1) is 0 Å². The monoisotopic (exact) mass is 372 g/mol. The lowest BCUT2D eigenvalue weighted by molar-refractivity contribution is 0.166. The second-order valence-electron chi connectivity index (χ2n) is 6.95. The summed E-state index contributed by atoms with van der Waals surface area (Å²) >= 11 is 0. The zero-order valence-corrected chi connectivity index (χ0v) is 16.1. The Hall–Kier alpha value is -3.11. The molecule has 4 nitrogen and oxygen atoms in total. The van der Waals surface area contributed by atoms with Crippen molar-refractivity contribution in [2.45, 2.75) is 25.9 Å². The molecule has 2 N–H and O–H groups in total. The van der Waals surface area contributed by atoms with E-state index in [1.54, 1.807) is 7.11 Å². The molecule has 2 aromatic carbocycles. The molecule has 28 heavy (non-hydrogen) atoms. The van der Waals surface area contributed by atoms with Crippen LogP contribution in [0.15, 0.2) is 67.0 Å². The van der Waals surface area contributed by atoms with Gasteiger partial charge in [-0.1, -0.05) is 49.7 Å². The Morgan fingerprint density at radius 2 is 1.89 bits per heavy atom. The molecule has 0 fully saturated rings. The van der Waals surface area contributed by atoms with Gasteiger partial charge in [0.1, 0.15) is 11.4 Å². The van der Waals surface area contributed by atoms with Gasteiger partial charge in [0.25, 0.3) is 0 Å². The average Bonchev–Trinajstić information content (AvgIpc) is 3.17. The second-order valence-corrected chi connectivity index (χ2v) is 6.95. The lowest BCUT2D eigenvalue weighted by atomic mass is 9.98. The summed E-state index contributed by atoms with van der Waals surface area (Å²) in [4.78, 5) is 7.87. The van der Waals surface area contributed by atoms with Crippen LogP contribution in [0.3, 0.4) is 0 Å². The van der Waals surface area contributed by atoms with Gasteiger partial charge < -0.3 is 14.8 Å². The van der Waals surface area contributed by atoms with E-state index in [4.69, 9.17) is 4.74 Å². The maximum absolute atomic E-state index is 10.3. The molecule has 4 aromatic rings. The van der Waals surface area contributed by atoms with Gasteiger partial charge in [0.15, 0.2) is 0 Å². The minimum Gasteiger partial charge on any atom is -0.496 e. The van der Waals surface area contributed by atoms with Crippen molar-refractivity contribution in [3.05, 3.63) is 72.6 Å². The van der Waals surface area contributed by atoms with Crippen molar-refractivity contribution in [2.24, 2.45) is 0 Å². The number of aliphatic hydroxyl groups excluding tert-OH is 1. The predicted octanol–water partition coefficient (Wildman–Crippen LogP) is 5.74. The molecule has 0 saturated carbocycles. The fourth-order valence-electron chi connectivity index (χ4n) is 3.62. The van der Waals surface area contributed by atoms with E-state index in [1.165, 1.54) is 0 Å². The van der Waals surface area contributed by atoms with Crippen LogP contribution in [0.25, 0.3) is 33.3 Å². The van der Waals surface area contributed by atoms with E-state index in [0.717, 1.165) is 57.4 Å². The molecular weight excluding hydrogens is 348 g/mol. The maximum Gasteiger partial charge on any atom is 0.137 e. The third-order valence-corrected chi connectivity index (χ3v) is 5.10. The Morgan fingerprint density at radius 1 is 1.04 bits per heavy atom. The number of H-pyrrole nitrogens is 1. The number of pyridine rings is 1. The third-order valence-electron chi connectivity index (χ3n) is 5.10. The zero-order valence-electron chi connectivity index (χ0n) is 16.1. The maximum atomic E-state index is 10.3. The molecule has 1 atom stereocenters. The Labute approximate surface area is 164 Å². The summed E-state index contributed by atoms with van der Waals surface area (Å²) in [6.07, 6.45) is 5.12. The number of ether oxygens (including phenoxy) is 1. The summed E-state index contributed by atoms with van der Waals surface area (Å²) in [5.74, 6) is 0.832. The second kappa shape index (κ2) is 7.87. The number of methoxy groups -OCH3 is 1. The van der Waals surface area contributed by atoms with Crippen molar-refractivity contribution in [2.75, 3.05) is 7.11 Å². The lowest BCUT2D eigenvalue weighted by Crippen LogP contribution is -1.96. The highest BCUT2D eigenvalue weighted by Gasteiger charge is 2.13. The van der Waals surface area contributed by atoms with Crippen LogP contribution in [-0.2, 0) is 0 Å². The number of benzene rings is 2. The summed E-state index contributed by atoms with van der Waals surface area (Å²) in [6.45, 7) is 2.08. The fraction of sp³-hybridized carbons (Fsp3) is 0.208. The van der Waals surface area contributed by atoms with Crippen LogP contribution in [0.4, 0.5) is 0 Å². The molecule has 0 aliphatic heterocycles. The Kier molecular flexibility index (Phi) is 5.13. The molecule has 2 aromatic heterocycles. The van der Waals surface area contributed by atoms with E-state index in [2.05, 4.69) is 41.2 Å². The van der Waals surface area contributed by atoms with E-state index in [1.807, 2.05) is 42.7 Å². The van der Waals surface area contributed by atoms with Crippen molar-refractivity contribution >= 4 is 11.0 Å². The molecule has 142 valence electrons. The molecule has 0 bridgehead atoms. The predicted molar refractivity (Wildman–Crippen MR) is 113 cm³/mol. The van der Waals surface area contributed by atoms with Crippen LogP contribution >= 0.6 is 0 Å². The number of fused-ring (bicyclic) bond motifs is 1. The van der Waals surface area contributed by atoms with Crippen molar-refractivity contribution < 1.29 is 9.84 Å². The molecule has 0 aliphatic carbocycles. The molecule has 0 saturated heterocycles. The van der Waals surface area contributed by atoms with Gasteiger partial charge in [-0.3, -0.25) is 0 Å². The van der Waals surface area contributed by atoms with E-state index in [0.29, 0.717) is 0 Å². The average molecular weight is 372 g/mol. The molecule has 0 aliphatic rings. The van der Waals surface area contributed by atoms with Crippen LogP contribution in [0, 0.1) is 0 Å². The van der Waals surface area contributed by atoms with Crippen molar-refractivity contribution in [1.29, 1.82) is 0 Å². The SMILES string of the molecule is CCCC(O)c1cccc(-c2cnc3[nH]cc(-c4ccccc4OC)c3c2)c1. The van der Waals surface area contributed by atoms with Crippen molar-refractivity contribution in [3.8, 4) is 28.0 Å². The number of para-hydroxylation sites is 1. The summed E-state index contributed by atoms with van der Waals surface area (Å²) in [5.41, 5.74) is 5.94. The first-order chi connectivity index (χ1) is 13.7. The molecule has 4 rings (SSSR count). The summed E-state index contributed by atoms with van der Waals surface area (Å²) in [5, 5.41) is 11.4. The van der Waals surface area contributed by atoms with Crippen molar-refractivity contribution in [3.63, 3.8) is 0 Å². The Balaban J connectivity index is 1.80. The topological polar surface area (TPSA) is 58.1 Å². The number of aromatic amines is 1. The number of nitrogens with zero attached hydrogens (tertiary/aromatic N) is 1. The first kappa shape index (κ1) is 18.3. The van der Waals surface area contributed by atoms with Crippen LogP contribution in [0.2, 0.25) is 0 Å². The van der Waals surface area contributed by atoms with Gasteiger partial charge in [0.05, 0.1) is 13.2 Å². The standard InChI is InChI=1S/C24H24N2O2/c1-3-7-22(27)17-9-6-8-16(12-17)18-13-20-21(15-26-24(20)25-14-18)19-10-4-5-11-23(19)28-2/h4-6,8-15,22,27H,3,7H2,1-2H3,(H,25,26). The fourth-order valence-corrected chi connectivity index (χ4v) is 3.62. The van der Waals surface area contributed by atoms with Gasteiger partial charge in [-0.2, -0.15) is 0 Å². The minimum atomic E-state index is -0.432. The number of hydrogen-bond acceptors (Lipinski definition) is 3. The zero-order chi connectivity index (χ0) is 19.5. The van der Waals surface area contributed by atoms with Gasteiger partial charge in [0.2, 0.25) is 0 Å². The molecule has 1 unspecified atom stereocenters. The van der Waals surface area contributed by atoms with Crippen LogP contribution in [0.5, 0.6) is 5.75 Å². The number of aliphatic hydroxyl groups is 1. The van der Waals surface area contributed by atoms with Crippen LogP contribution in [-0.4, -0.2) is 22.2 Å². The van der Waals surface area contributed by atoms with E-state index < -0.39 is 6.10 Å². The molecule has 0 spiro atoms. The number of hydrogen-bond donors (Lipinski definition) is 2. The highest BCUT2D eigenvalue weighted by atomic mass is 16.5. The Bertz CT molecular complexity index is 1100. The van der Waals surface area contributed by atoms with Crippen molar-refractivity contribution in [1.82, 2.24) is 9.97 Å². The first-order valence-corrected chi connectivity index (χ1v) is 9.60. The molecular formula is C24H24N2O2. The first-order valence-electron chi connectivity index (χ1n) is 9.60. The third kappa shape index (κ3) is 3.39. The smallest absolute Gasteiger partial charge is 0.137 e. The molecule has 2 heterocycles. The van der Waals surface area contributed by atoms with Gasteiger partial charge in [-0.05, 0) is 35.7 Å². The normalized spacial score (nSPS) is 12.2. The van der Waals surface area contributed by atoms with Crippen LogP contribution in [0.1, 0.15) is 31.4 Å². The number of rotatable bonds is 6. The highest BCUT2D eigenvalue weighted by molar-refractivity contribution is 5.97. The summed E-state index contributed by atoms with van der Waals surface area (Å²) in [7, 11) is 1.68. The molecule has 0 amide bonds. The summed E-state index contributed by atoms with van der Waals surface area (Å²) in [6, 6.07) is 18.2. The number of aromatic nitrogens is 2. The van der Waals surface area contributed by atoms with Gasteiger partial charge in [0, 0.05) is 34.5 Å². The quantitative estimate of drug-likeness (QED) is 0.454. The minimum absolute atomic E-state index is 0.432. The van der Waals surface area contributed by atoms with E-state index >= 15 is 0 Å². The van der Waals surface area contributed by atoms with E-state index in [-0.39, 0.29) is 0 Å². The highest BCUT2D eigenvalue weighted by Crippen LogP contribution is 2.36. The Morgan fingerprint density at radius 3 is 2.71 bits per heavy atom. The molecule has 0 radical (unpaired) electrons. The lowest BCUT2D eigenvalue weighted by Gasteiger charge is -2.12. The largest absolute Gasteiger partial charge is 0.496 e. The summed E-state index contributed by atoms with van der Waals surface area (Å²) < 4.78 is 5.54. The van der Waals surface area contributed by atoms with Gasteiger partial charge in [-0.25, -0.2) is 4.98 Å².